The lowest BCUT2D eigenvalue weighted by Gasteiger charge is -2.37. The third kappa shape index (κ3) is 4.73. The second kappa shape index (κ2) is 8.18. The molecule has 0 aromatic heterocycles. The van der Waals surface area contributed by atoms with Crippen molar-refractivity contribution in [2.75, 3.05) is 0 Å². The van der Waals surface area contributed by atoms with Crippen molar-refractivity contribution < 1.29 is 5.11 Å². The van der Waals surface area contributed by atoms with Crippen LogP contribution in [0.25, 0.3) is 0 Å². The molecule has 1 nitrogen and oxygen atoms in total. The lowest BCUT2D eigenvalue weighted by Crippen LogP contribution is -2.25. The Balaban J connectivity index is 1.32. The predicted octanol–water partition coefficient (Wildman–Crippen LogP) is 5.95. The van der Waals surface area contributed by atoms with Gasteiger partial charge in [0.1, 0.15) is 0 Å². The Kier molecular flexibility index (Phi) is 6.24. The van der Waals surface area contributed by atoms with Crippen LogP contribution in [0.4, 0.5) is 0 Å². The molecular formula is C21H38O. The molecule has 3 saturated carbocycles. The lowest BCUT2D eigenvalue weighted by molar-refractivity contribution is 0.101. The van der Waals surface area contributed by atoms with E-state index in [1.165, 1.54) is 77.0 Å². The van der Waals surface area contributed by atoms with Crippen LogP contribution in [0.2, 0.25) is 0 Å². The van der Waals surface area contributed by atoms with Gasteiger partial charge in [0.25, 0.3) is 0 Å². The lowest BCUT2D eigenvalue weighted by atomic mass is 9.68. The highest BCUT2D eigenvalue weighted by Gasteiger charge is 2.30. The minimum absolute atomic E-state index is 0.0184. The minimum Gasteiger partial charge on any atom is -0.393 e. The molecule has 3 aliphatic rings. The molecule has 3 fully saturated rings. The van der Waals surface area contributed by atoms with Crippen LogP contribution in [0.3, 0.4) is 0 Å². The van der Waals surface area contributed by atoms with Crippen LogP contribution in [-0.4, -0.2) is 11.2 Å². The molecule has 128 valence electrons. The largest absolute Gasteiger partial charge is 0.393 e. The molecule has 0 aliphatic heterocycles. The van der Waals surface area contributed by atoms with Gasteiger partial charge in [-0.25, -0.2) is 0 Å². The zero-order valence-corrected chi connectivity index (χ0v) is 14.8. The quantitative estimate of drug-likeness (QED) is 0.680. The summed E-state index contributed by atoms with van der Waals surface area (Å²) in [7, 11) is 0. The molecule has 1 heteroatoms. The van der Waals surface area contributed by atoms with Crippen molar-refractivity contribution in [3.05, 3.63) is 0 Å². The van der Waals surface area contributed by atoms with Gasteiger partial charge < -0.3 is 5.11 Å². The number of aliphatic hydroxyl groups excluding tert-OH is 1. The molecular weight excluding hydrogens is 268 g/mol. The van der Waals surface area contributed by atoms with E-state index < -0.39 is 0 Å². The van der Waals surface area contributed by atoms with Crippen LogP contribution in [0.5, 0.6) is 0 Å². The predicted molar refractivity (Wildman–Crippen MR) is 93.8 cm³/mol. The summed E-state index contributed by atoms with van der Waals surface area (Å²) >= 11 is 0. The van der Waals surface area contributed by atoms with E-state index in [1.807, 2.05) is 0 Å². The zero-order chi connectivity index (χ0) is 15.4. The fourth-order valence-electron chi connectivity index (χ4n) is 5.61. The molecule has 1 N–H and O–H groups in total. The molecule has 0 atom stereocenters. The van der Waals surface area contributed by atoms with Gasteiger partial charge in [-0.15, -0.1) is 0 Å². The molecule has 0 heterocycles. The summed E-state index contributed by atoms with van der Waals surface area (Å²) in [6, 6.07) is 0. The maximum Gasteiger partial charge on any atom is 0.0540 e. The molecule has 0 radical (unpaired) electrons. The van der Waals surface area contributed by atoms with Crippen molar-refractivity contribution in [1.29, 1.82) is 0 Å². The van der Waals surface area contributed by atoms with Crippen LogP contribution in [-0.2, 0) is 0 Å². The van der Waals surface area contributed by atoms with Gasteiger partial charge in [-0.3, -0.25) is 0 Å². The normalized spacial score (nSPS) is 43.9. The van der Waals surface area contributed by atoms with Gasteiger partial charge >= 0.3 is 0 Å². The molecule has 0 spiro atoms. The molecule has 0 unspecified atom stereocenters. The highest BCUT2D eigenvalue weighted by molar-refractivity contribution is 4.82. The number of hydrogen-bond acceptors (Lipinski definition) is 1. The third-order valence-corrected chi connectivity index (χ3v) is 7.42. The molecule has 3 rings (SSSR count). The summed E-state index contributed by atoms with van der Waals surface area (Å²) in [5.41, 5.74) is 0. The molecule has 0 amide bonds. The van der Waals surface area contributed by atoms with Gasteiger partial charge in [0, 0.05) is 0 Å². The zero-order valence-electron chi connectivity index (χ0n) is 14.8. The number of aliphatic hydroxyl groups is 1. The summed E-state index contributed by atoms with van der Waals surface area (Å²) in [6.07, 6.45) is 19.8. The van der Waals surface area contributed by atoms with E-state index in [1.54, 1.807) is 0 Å². The molecule has 3 aliphatic carbocycles. The van der Waals surface area contributed by atoms with Gasteiger partial charge in [-0.1, -0.05) is 45.4 Å². The summed E-state index contributed by atoms with van der Waals surface area (Å²) in [5.74, 6) is 5.12. The topological polar surface area (TPSA) is 20.2 Å². The smallest absolute Gasteiger partial charge is 0.0540 e. The van der Waals surface area contributed by atoms with Gasteiger partial charge in [0.05, 0.1) is 6.10 Å². The summed E-state index contributed by atoms with van der Waals surface area (Å²) in [5, 5.41) is 9.61. The Bertz CT molecular complexity index is 302. The molecule has 0 aromatic rings. The van der Waals surface area contributed by atoms with Crippen molar-refractivity contribution in [3.8, 4) is 0 Å². The Morgan fingerprint density at radius 2 is 1.00 bits per heavy atom. The Hall–Kier alpha value is -0.0400. The van der Waals surface area contributed by atoms with E-state index in [0.29, 0.717) is 0 Å². The summed E-state index contributed by atoms with van der Waals surface area (Å²) in [4.78, 5) is 0. The van der Waals surface area contributed by atoms with Crippen LogP contribution in [0, 0.1) is 29.6 Å². The van der Waals surface area contributed by atoms with Crippen molar-refractivity contribution in [2.45, 2.75) is 103 Å². The van der Waals surface area contributed by atoms with E-state index >= 15 is 0 Å². The Labute approximate surface area is 138 Å². The maximum atomic E-state index is 9.61. The first-order valence-corrected chi connectivity index (χ1v) is 10.4. The van der Waals surface area contributed by atoms with Crippen LogP contribution in [0.15, 0.2) is 0 Å². The second-order valence-electron chi connectivity index (χ2n) is 9.05. The van der Waals surface area contributed by atoms with Crippen molar-refractivity contribution in [3.63, 3.8) is 0 Å². The van der Waals surface area contributed by atoms with Crippen molar-refractivity contribution in [1.82, 2.24) is 0 Å². The first-order chi connectivity index (χ1) is 10.7. The van der Waals surface area contributed by atoms with Crippen LogP contribution < -0.4 is 0 Å². The fraction of sp³-hybridized carbons (Fsp3) is 1.00. The average Bonchev–Trinajstić information content (AvgIpc) is 2.56. The van der Waals surface area contributed by atoms with Crippen molar-refractivity contribution in [2.24, 2.45) is 29.6 Å². The highest BCUT2D eigenvalue weighted by atomic mass is 16.3. The van der Waals surface area contributed by atoms with E-state index in [4.69, 9.17) is 0 Å². The van der Waals surface area contributed by atoms with E-state index in [2.05, 4.69) is 6.92 Å². The van der Waals surface area contributed by atoms with E-state index in [-0.39, 0.29) is 6.10 Å². The standard InChI is InChI=1S/C21H38O/c1-16-2-10-19(11-3-16)20-12-6-17(7-13-20)4-5-18-8-14-21(22)15-9-18/h16-22H,2-15H2,1H3. The monoisotopic (exact) mass is 306 g/mol. The van der Waals surface area contributed by atoms with E-state index in [9.17, 15) is 5.11 Å². The highest BCUT2D eigenvalue weighted by Crippen LogP contribution is 2.42. The Morgan fingerprint density at radius 3 is 1.50 bits per heavy atom. The Morgan fingerprint density at radius 1 is 0.591 bits per heavy atom. The summed E-state index contributed by atoms with van der Waals surface area (Å²) < 4.78 is 0. The van der Waals surface area contributed by atoms with Crippen LogP contribution >= 0.6 is 0 Å². The molecule has 0 aromatic carbocycles. The number of hydrogen-bond donors (Lipinski definition) is 1. The van der Waals surface area contributed by atoms with E-state index in [0.717, 1.165) is 42.4 Å². The van der Waals surface area contributed by atoms with Gasteiger partial charge in [-0.05, 0) is 81.0 Å². The minimum atomic E-state index is 0.0184. The third-order valence-electron chi connectivity index (χ3n) is 7.42. The second-order valence-corrected chi connectivity index (χ2v) is 9.05. The number of rotatable bonds is 4. The average molecular weight is 307 g/mol. The SMILES string of the molecule is CC1CCC(C2CCC(CCC3CCC(O)CC3)CC2)CC1. The van der Waals surface area contributed by atoms with Gasteiger partial charge in [-0.2, -0.15) is 0 Å². The molecule has 22 heavy (non-hydrogen) atoms. The molecule has 0 saturated heterocycles. The fourth-order valence-corrected chi connectivity index (χ4v) is 5.61. The van der Waals surface area contributed by atoms with Crippen molar-refractivity contribution >= 4 is 0 Å². The van der Waals surface area contributed by atoms with Gasteiger partial charge in [0.2, 0.25) is 0 Å². The maximum absolute atomic E-state index is 9.61. The van der Waals surface area contributed by atoms with Crippen LogP contribution in [0.1, 0.15) is 96.8 Å². The first kappa shape index (κ1) is 16.8. The van der Waals surface area contributed by atoms with Gasteiger partial charge in [0.15, 0.2) is 0 Å². The summed E-state index contributed by atoms with van der Waals surface area (Å²) in [6.45, 7) is 2.44. The molecule has 0 bridgehead atoms. The first-order valence-electron chi connectivity index (χ1n) is 10.4.